The number of anilines is 1. The van der Waals surface area contributed by atoms with Gasteiger partial charge in [-0.15, -0.1) is 0 Å². The molecule has 0 fully saturated rings. The molecule has 1 aromatic heterocycles. The van der Waals surface area contributed by atoms with Gasteiger partial charge in [0, 0.05) is 43.7 Å². The van der Waals surface area contributed by atoms with Crippen molar-refractivity contribution < 1.29 is 9.59 Å². The van der Waals surface area contributed by atoms with Crippen molar-refractivity contribution in [3.8, 4) is 0 Å². The van der Waals surface area contributed by atoms with Crippen molar-refractivity contribution in [3.05, 3.63) is 48.5 Å². The lowest BCUT2D eigenvalue weighted by Gasteiger charge is -2.07. The Morgan fingerprint density at radius 3 is 2.90 bits per heavy atom. The first-order chi connectivity index (χ1) is 9.65. The molecule has 0 aliphatic carbocycles. The van der Waals surface area contributed by atoms with Gasteiger partial charge in [0.05, 0.1) is 6.33 Å². The Morgan fingerprint density at radius 2 is 2.20 bits per heavy atom. The van der Waals surface area contributed by atoms with Crippen molar-refractivity contribution in [1.82, 2.24) is 14.9 Å². The molecule has 0 unspecified atom stereocenters. The van der Waals surface area contributed by atoms with E-state index in [-0.39, 0.29) is 11.8 Å². The molecule has 0 saturated heterocycles. The van der Waals surface area contributed by atoms with E-state index in [1.807, 2.05) is 10.8 Å². The van der Waals surface area contributed by atoms with Crippen LogP contribution >= 0.6 is 0 Å². The summed E-state index contributed by atoms with van der Waals surface area (Å²) >= 11 is 0. The number of carbonyl (C=O) groups is 2. The van der Waals surface area contributed by atoms with Crippen LogP contribution in [-0.2, 0) is 11.3 Å². The Balaban J connectivity index is 1.90. The van der Waals surface area contributed by atoms with Crippen LogP contribution in [0.5, 0.6) is 0 Å². The van der Waals surface area contributed by atoms with Crippen LogP contribution < -0.4 is 10.6 Å². The van der Waals surface area contributed by atoms with Gasteiger partial charge in [0.2, 0.25) is 5.91 Å². The Bertz CT molecular complexity index is 593. The second-order valence-electron chi connectivity index (χ2n) is 4.32. The van der Waals surface area contributed by atoms with E-state index in [2.05, 4.69) is 15.6 Å². The minimum Gasteiger partial charge on any atom is -0.350 e. The maximum Gasteiger partial charge on any atom is 0.251 e. The summed E-state index contributed by atoms with van der Waals surface area (Å²) in [5.41, 5.74) is 1.13. The molecule has 0 radical (unpaired) electrons. The highest BCUT2D eigenvalue weighted by atomic mass is 16.2. The number of nitrogens with one attached hydrogen (secondary N) is 2. The summed E-state index contributed by atoms with van der Waals surface area (Å²) in [5.74, 6) is -0.333. The average Bonchev–Trinajstić information content (AvgIpc) is 2.91. The standard InChI is InChI=1S/C14H16N4O2/c1-11(19)17-13-4-2-3-12(9-13)14(20)16-6-8-18-7-5-15-10-18/h2-5,7,9-10H,6,8H2,1H3,(H,16,20)(H,17,19). The van der Waals surface area contributed by atoms with E-state index in [1.165, 1.54) is 6.92 Å². The number of benzene rings is 1. The van der Waals surface area contributed by atoms with Crippen LogP contribution in [0.15, 0.2) is 43.0 Å². The van der Waals surface area contributed by atoms with Gasteiger partial charge < -0.3 is 15.2 Å². The Hall–Kier alpha value is -2.63. The first kappa shape index (κ1) is 13.8. The highest BCUT2D eigenvalue weighted by molar-refractivity contribution is 5.96. The maximum atomic E-state index is 12.0. The lowest BCUT2D eigenvalue weighted by molar-refractivity contribution is -0.114. The van der Waals surface area contributed by atoms with Crippen LogP contribution in [0.25, 0.3) is 0 Å². The predicted molar refractivity (Wildman–Crippen MR) is 75.3 cm³/mol. The maximum absolute atomic E-state index is 12.0. The Labute approximate surface area is 116 Å². The zero-order valence-electron chi connectivity index (χ0n) is 11.2. The summed E-state index contributed by atoms with van der Waals surface area (Å²) < 4.78 is 1.88. The molecule has 0 aliphatic heterocycles. The number of amides is 2. The highest BCUT2D eigenvalue weighted by Crippen LogP contribution is 2.10. The zero-order chi connectivity index (χ0) is 14.4. The molecule has 0 aliphatic rings. The monoisotopic (exact) mass is 272 g/mol. The third kappa shape index (κ3) is 3.94. The number of hydrogen-bond acceptors (Lipinski definition) is 3. The molecule has 2 aromatic rings. The molecule has 2 amide bonds. The SMILES string of the molecule is CC(=O)Nc1cccc(C(=O)NCCn2ccnc2)c1. The fourth-order valence-corrected chi connectivity index (χ4v) is 1.76. The van der Waals surface area contributed by atoms with E-state index in [9.17, 15) is 9.59 Å². The first-order valence-electron chi connectivity index (χ1n) is 6.27. The van der Waals surface area contributed by atoms with Gasteiger partial charge in [0.15, 0.2) is 0 Å². The van der Waals surface area contributed by atoms with E-state index in [0.29, 0.717) is 24.3 Å². The molecule has 20 heavy (non-hydrogen) atoms. The van der Waals surface area contributed by atoms with E-state index < -0.39 is 0 Å². The first-order valence-corrected chi connectivity index (χ1v) is 6.27. The van der Waals surface area contributed by atoms with E-state index >= 15 is 0 Å². The minimum absolute atomic E-state index is 0.164. The van der Waals surface area contributed by atoms with Crippen molar-refractivity contribution in [2.24, 2.45) is 0 Å². The highest BCUT2D eigenvalue weighted by Gasteiger charge is 2.06. The van der Waals surface area contributed by atoms with Gasteiger partial charge in [-0.05, 0) is 18.2 Å². The second kappa shape index (κ2) is 6.51. The number of carbonyl (C=O) groups excluding carboxylic acids is 2. The summed E-state index contributed by atoms with van der Waals surface area (Å²) in [6.07, 6.45) is 5.23. The minimum atomic E-state index is -0.169. The Kier molecular flexibility index (Phi) is 4.49. The van der Waals surface area contributed by atoms with Crippen LogP contribution in [0, 0.1) is 0 Å². The topological polar surface area (TPSA) is 76.0 Å². The summed E-state index contributed by atoms with van der Waals surface area (Å²) in [4.78, 5) is 26.9. The summed E-state index contributed by atoms with van der Waals surface area (Å²) in [6, 6.07) is 6.82. The van der Waals surface area contributed by atoms with Crippen LogP contribution in [0.2, 0.25) is 0 Å². The molecule has 0 atom stereocenters. The molecule has 104 valence electrons. The van der Waals surface area contributed by atoms with E-state index in [1.54, 1.807) is 36.8 Å². The van der Waals surface area contributed by atoms with Gasteiger partial charge in [-0.2, -0.15) is 0 Å². The third-order valence-corrected chi connectivity index (χ3v) is 2.66. The fraction of sp³-hybridized carbons (Fsp3) is 0.214. The van der Waals surface area contributed by atoms with Crippen LogP contribution in [-0.4, -0.2) is 27.9 Å². The zero-order valence-corrected chi connectivity index (χ0v) is 11.2. The van der Waals surface area contributed by atoms with Gasteiger partial charge in [-0.25, -0.2) is 4.98 Å². The van der Waals surface area contributed by atoms with Gasteiger partial charge in [-0.3, -0.25) is 9.59 Å². The number of imidazole rings is 1. The largest absolute Gasteiger partial charge is 0.350 e. The molecule has 1 aromatic carbocycles. The molecular weight excluding hydrogens is 256 g/mol. The van der Waals surface area contributed by atoms with Crippen LogP contribution in [0.3, 0.4) is 0 Å². The molecule has 6 nitrogen and oxygen atoms in total. The molecule has 0 bridgehead atoms. The van der Waals surface area contributed by atoms with Gasteiger partial charge in [-0.1, -0.05) is 6.07 Å². The van der Waals surface area contributed by atoms with E-state index in [0.717, 1.165) is 0 Å². The number of hydrogen-bond donors (Lipinski definition) is 2. The van der Waals surface area contributed by atoms with Crippen molar-refractivity contribution in [1.29, 1.82) is 0 Å². The van der Waals surface area contributed by atoms with Crippen molar-refractivity contribution in [2.45, 2.75) is 13.5 Å². The van der Waals surface area contributed by atoms with Gasteiger partial charge in [0.25, 0.3) is 5.91 Å². The summed E-state index contributed by atoms with van der Waals surface area (Å²) in [6.45, 7) is 2.61. The van der Waals surface area contributed by atoms with Gasteiger partial charge in [0.1, 0.15) is 0 Å². The molecule has 6 heteroatoms. The quantitative estimate of drug-likeness (QED) is 0.860. The lowest BCUT2D eigenvalue weighted by atomic mass is 10.2. The molecule has 0 spiro atoms. The molecule has 1 heterocycles. The fourth-order valence-electron chi connectivity index (χ4n) is 1.76. The summed E-state index contributed by atoms with van der Waals surface area (Å²) in [7, 11) is 0. The number of rotatable bonds is 5. The molecular formula is C14H16N4O2. The van der Waals surface area contributed by atoms with E-state index in [4.69, 9.17) is 0 Å². The predicted octanol–water partition coefficient (Wildman–Crippen LogP) is 1.27. The van der Waals surface area contributed by atoms with Crippen LogP contribution in [0.4, 0.5) is 5.69 Å². The smallest absolute Gasteiger partial charge is 0.251 e. The van der Waals surface area contributed by atoms with Crippen molar-refractivity contribution in [3.63, 3.8) is 0 Å². The van der Waals surface area contributed by atoms with Crippen molar-refractivity contribution in [2.75, 3.05) is 11.9 Å². The van der Waals surface area contributed by atoms with Gasteiger partial charge >= 0.3 is 0 Å². The molecule has 2 rings (SSSR count). The third-order valence-electron chi connectivity index (χ3n) is 2.66. The Morgan fingerprint density at radius 1 is 1.35 bits per heavy atom. The average molecular weight is 272 g/mol. The molecule has 2 N–H and O–H groups in total. The second-order valence-corrected chi connectivity index (χ2v) is 4.32. The van der Waals surface area contributed by atoms with Crippen molar-refractivity contribution >= 4 is 17.5 Å². The summed E-state index contributed by atoms with van der Waals surface area (Å²) in [5, 5.41) is 5.46. The normalized spacial score (nSPS) is 10.1. The molecule has 0 saturated carbocycles. The van der Waals surface area contributed by atoms with Crippen LogP contribution in [0.1, 0.15) is 17.3 Å². The lowest BCUT2D eigenvalue weighted by Crippen LogP contribution is -2.27. The number of nitrogens with zero attached hydrogens (tertiary/aromatic N) is 2. The number of aromatic nitrogens is 2.